The van der Waals surface area contributed by atoms with Crippen molar-refractivity contribution in [2.24, 2.45) is 0 Å². The Hall–Kier alpha value is -1.48. The van der Waals surface area contributed by atoms with Gasteiger partial charge in [-0.3, -0.25) is 4.68 Å². The smallest absolute Gasteiger partial charge is 0.123 e. The third kappa shape index (κ3) is 2.31. The number of ether oxygens (including phenoxy) is 1. The van der Waals surface area contributed by atoms with Gasteiger partial charge in [0.05, 0.1) is 18.1 Å². The molecular formula is C16H19ClN2O. The number of aryl methyl sites for hydroxylation is 2. The molecule has 2 heterocycles. The summed E-state index contributed by atoms with van der Waals surface area (Å²) in [6, 6.07) is 6.37. The molecule has 106 valence electrons. The minimum Gasteiger partial charge on any atom is -0.488 e. The van der Waals surface area contributed by atoms with Gasteiger partial charge in [-0.2, -0.15) is 5.10 Å². The van der Waals surface area contributed by atoms with Gasteiger partial charge in [0.2, 0.25) is 0 Å². The maximum absolute atomic E-state index is 6.01. The van der Waals surface area contributed by atoms with Crippen molar-refractivity contribution in [1.29, 1.82) is 0 Å². The van der Waals surface area contributed by atoms with Crippen molar-refractivity contribution < 1.29 is 4.74 Å². The molecule has 1 aromatic heterocycles. The van der Waals surface area contributed by atoms with E-state index in [2.05, 4.69) is 37.1 Å². The Bertz CT molecular complexity index is 648. The minimum absolute atomic E-state index is 0.160. The molecular weight excluding hydrogens is 272 g/mol. The van der Waals surface area contributed by atoms with Gasteiger partial charge < -0.3 is 4.74 Å². The van der Waals surface area contributed by atoms with Gasteiger partial charge in [0.15, 0.2) is 0 Å². The van der Waals surface area contributed by atoms with Crippen LogP contribution < -0.4 is 4.74 Å². The van der Waals surface area contributed by atoms with Crippen LogP contribution in [0, 0.1) is 20.8 Å². The number of nitrogens with zero attached hydrogens (tertiary/aromatic N) is 2. The maximum Gasteiger partial charge on any atom is 0.123 e. The summed E-state index contributed by atoms with van der Waals surface area (Å²) in [7, 11) is 0. The van der Waals surface area contributed by atoms with E-state index in [0.29, 0.717) is 5.88 Å². The molecule has 0 spiro atoms. The van der Waals surface area contributed by atoms with E-state index in [0.717, 1.165) is 35.7 Å². The molecule has 1 unspecified atom stereocenters. The Morgan fingerprint density at radius 3 is 2.85 bits per heavy atom. The van der Waals surface area contributed by atoms with E-state index in [4.69, 9.17) is 16.3 Å². The third-order valence-corrected chi connectivity index (χ3v) is 4.27. The fourth-order valence-corrected chi connectivity index (χ4v) is 3.24. The lowest BCUT2D eigenvalue weighted by atomic mass is 10.1. The van der Waals surface area contributed by atoms with Crippen LogP contribution >= 0.6 is 11.6 Å². The number of halogens is 1. The monoisotopic (exact) mass is 290 g/mol. The summed E-state index contributed by atoms with van der Waals surface area (Å²) in [5.74, 6) is 1.53. The average molecular weight is 291 g/mol. The highest BCUT2D eigenvalue weighted by Crippen LogP contribution is 2.30. The SMILES string of the molecule is Cc1ccc2c(c1)CC(Cn1nc(C)c(CCl)c1C)O2. The van der Waals surface area contributed by atoms with Crippen LogP contribution in [0.15, 0.2) is 18.2 Å². The molecule has 0 saturated heterocycles. The zero-order valence-electron chi connectivity index (χ0n) is 12.1. The maximum atomic E-state index is 6.01. The lowest BCUT2D eigenvalue weighted by Crippen LogP contribution is -2.22. The van der Waals surface area contributed by atoms with Crippen LogP contribution in [0.25, 0.3) is 0 Å². The zero-order chi connectivity index (χ0) is 14.3. The number of rotatable bonds is 3. The fraction of sp³-hybridized carbons (Fsp3) is 0.438. The first-order valence-corrected chi connectivity index (χ1v) is 7.47. The first-order valence-electron chi connectivity index (χ1n) is 6.93. The van der Waals surface area contributed by atoms with Gasteiger partial charge in [0.25, 0.3) is 0 Å². The van der Waals surface area contributed by atoms with Gasteiger partial charge in [0, 0.05) is 17.7 Å². The molecule has 1 aliphatic rings. The van der Waals surface area contributed by atoms with Crippen molar-refractivity contribution >= 4 is 11.6 Å². The second kappa shape index (κ2) is 5.13. The number of fused-ring (bicyclic) bond motifs is 1. The molecule has 3 nitrogen and oxygen atoms in total. The molecule has 0 amide bonds. The predicted octanol–water partition coefficient (Wildman–Crippen LogP) is 3.55. The molecule has 0 aliphatic carbocycles. The summed E-state index contributed by atoms with van der Waals surface area (Å²) in [5.41, 5.74) is 5.88. The molecule has 1 aromatic carbocycles. The van der Waals surface area contributed by atoms with E-state index in [-0.39, 0.29) is 6.10 Å². The van der Waals surface area contributed by atoms with Crippen molar-refractivity contribution in [1.82, 2.24) is 9.78 Å². The highest BCUT2D eigenvalue weighted by molar-refractivity contribution is 6.17. The van der Waals surface area contributed by atoms with Gasteiger partial charge in [-0.15, -0.1) is 11.6 Å². The second-order valence-electron chi connectivity index (χ2n) is 5.52. The third-order valence-electron chi connectivity index (χ3n) is 4.00. The van der Waals surface area contributed by atoms with Crippen molar-refractivity contribution in [2.45, 2.75) is 45.7 Å². The normalized spacial score (nSPS) is 17.1. The molecule has 20 heavy (non-hydrogen) atoms. The summed E-state index contributed by atoms with van der Waals surface area (Å²) in [4.78, 5) is 0. The first kappa shape index (κ1) is 13.5. The topological polar surface area (TPSA) is 27.1 Å². The Balaban J connectivity index is 1.78. The van der Waals surface area contributed by atoms with Gasteiger partial charge >= 0.3 is 0 Å². The Labute approximate surface area is 124 Å². The molecule has 4 heteroatoms. The fourth-order valence-electron chi connectivity index (χ4n) is 2.85. The van der Waals surface area contributed by atoms with E-state index in [1.165, 1.54) is 11.1 Å². The summed E-state index contributed by atoms with van der Waals surface area (Å²) < 4.78 is 8.03. The van der Waals surface area contributed by atoms with Crippen LogP contribution in [0.3, 0.4) is 0 Å². The van der Waals surface area contributed by atoms with E-state index in [1.807, 2.05) is 11.6 Å². The molecule has 3 rings (SSSR count). The lowest BCUT2D eigenvalue weighted by molar-refractivity contribution is 0.202. The molecule has 0 N–H and O–H groups in total. The highest BCUT2D eigenvalue weighted by atomic mass is 35.5. The molecule has 0 bridgehead atoms. The second-order valence-corrected chi connectivity index (χ2v) is 5.79. The number of hydrogen-bond donors (Lipinski definition) is 0. The predicted molar refractivity (Wildman–Crippen MR) is 80.6 cm³/mol. The van der Waals surface area contributed by atoms with E-state index in [1.54, 1.807) is 0 Å². The van der Waals surface area contributed by atoms with Crippen molar-refractivity contribution in [2.75, 3.05) is 0 Å². The molecule has 1 atom stereocenters. The van der Waals surface area contributed by atoms with Crippen molar-refractivity contribution in [3.63, 3.8) is 0 Å². The van der Waals surface area contributed by atoms with Crippen molar-refractivity contribution in [3.05, 3.63) is 46.3 Å². The van der Waals surface area contributed by atoms with Gasteiger partial charge in [-0.1, -0.05) is 17.7 Å². The van der Waals surface area contributed by atoms with Gasteiger partial charge in [-0.25, -0.2) is 0 Å². The van der Waals surface area contributed by atoms with Crippen LogP contribution in [0.2, 0.25) is 0 Å². The molecule has 0 radical (unpaired) electrons. The van der Waals surface area contributed by atoms with E-state index < -0.39 is 0 Å². The largest absolute Gasteiger partial charge is 0.488 e. The molecule has 0 fully saturated rings. The standard InChI is InChI=1S/C16H19ClN2O/c1-10-4-5-16-13(6-10)7-14(20-16)9-19-12(3)15(8-17)11(2)18-19/h4-6,14H,7-9H2,1-3H3. The van der Waals surface area contributed by atoms with Crippen LogP contribution in [-0.2, 0) is 18.8 Å². The van der Waals surface area contributed by atoms with Crippen LogP contribution in [0.4, 0.5) is 0 Å². The van der Waals surface area contributed by atoms with E-state index >= 15 is 0 Å². The minimum atomic E-state index is 0.160. The molecule has 2 aromatic rings. The average Bonchev–Trinajstić information content (AvgIpc) is 2.91. The number of alkyl halides is 1. The molecule has 1 aliphatic heterocycles. The quantitative estimate of drug-likeness (QED) is 0.808. The van der Waals surface area contributed by atoms with Gasteiger partial charge in [0.1, 0.15) is 11.9 Å². The summed E-state index contributed by atoms with van der Waals surface area (Å²) in [6.07, 6.45) is 1.11. The summed E-state index contributed by atoms with van der Waals surface area (Å²) in [5, 5.41) is 4.58. The number of aromatic nitrogens is 2. The first-order chi connectivity index (χ1) is 9.58. The zero-order valence-corrected chi connectivity index (χ0v) is 12.9. The highest BCUT2D eigenvalue weighted by Gasteiger charge is 2.24. The van der Waals surface area contributed by atoms with Gasteiger partial charge in [-0.05, 0) is 32.4 Å². The van der Waals surface area contributed by atoms with E-state index in [9.17, 15) is 0 Å². The van der Waals surface area contributed by atoms with Crippen LogP contribution in [0.1, 0.15) is 28.1 Å². The lowest BCUT2D eigenvalue weighted by Gasteiger charge is -2.12. The number of hydrogen-bond acceptors (Lipinski definition) is 2. The summed E-state index contributed by atoms with van der Waals surface area (Å²) >= 11 is 5.97. The van der Waals surface area contributed by atoms with Crippen LogP contribution in [-0.4, -0.2) is 15.9 Å². The molecule has 0 saturated carbocycles. The Kier molecular flexibility index (Phi) is 3.47. The Morgan fingerprint density at radius 1 is 1.35 bits per heavy atom. The summed E-state index contributed by atoms with van der Waals surface area (Å²) in [6.45, 7) is 6.97. The van der Waals surface area contributed by atoms with Crippen LogP contribution in [0.5, 0.6) is 5.75 Å². The Morgan fingerprint density at radius 2 is 2.15 bits per heavy atom. The van der Waals surface area contributed by atoms with Crippen molar-refractivity contribution in [3.8, 4) is 5.75 Å². The number of benzene rings is 1.